The summed E-state index contributed by atoms with van der Waals surface area (Å²) >= 11 is -1.27. The molecule has 46 heavy (non-hydrogen) atoms. The molecule has 2 atom stereocenters. The fourth-order valence-electron chi connectivity index (χ4n) is 6.46. The van der Waals surface area contributed by atoms with Gasteiger partial charge in [0, 0.05) is 46.6 Å². The van der Waals surface area contributed by atoms with Crippen molar-refractivity contribution in [1.29, 1.82) is 0 Å². The molecule has 2 aliphatic heterocycles. The van der Waals surface area contributed by atoms with Gasteiger partial charge in [-0.3, -0.25) is 14.3 Å². The van der Waals surface area contributed by atoms with E-state index in [2.05, 4.69) is 45.8 Å². The molecule has 0 amide bonds. The third-order valence-corrected chi connectivity index (χ3v) is 10.4. The molecule has 2 aliphatic rings. The van der Waals surface area contributed by atoms with Gasteiger partial charge in [0.25, 0.3) is 5.56 Å². The number of fused-ring (bicyclic) bond motifs is 1. The Bertz CT molecular complexity index is 1910. The first kappa shape index (κ1) is 30.4. The summed E-state index contributed by atoms with van der Waals surface area (Å²) in [4.78, 5) is 27.6. The number of aromatic nitrogens is 3. The lowest BCUT2D eigenvalue weighted by molar-refractivity contribution is 0.186. The highest BCUT2D eigenvalue weighted by Crippen LogP contribution is 2.30. The predicted molar refractivity (Wildman–Crippen MR) is 185 cm³/mol. The molecule has 9 heteroatoms. The lowest BCUT2D eigenvalue weighted by Crippen LogP contribution is -2.35. The van der Waals surface area contributed by atoms with Crippen molar-refractivity contribution in [2.75, 3.05) is 32.0 Å². The first-order valence-electron chi connectivity index (χ1n) is 16.0. The second-order valence-corrected chi connectivity index (χ2v) is 13.5. The van der Waals surface area contributed by atoms with Crippen LogP contribution in [0.3, 0.4) is 0 Å². The van der Waals surface area contributed by atoms with E-state index in [0.717, 1.165) is 77.3 Å². The Morgan fingerprint density at radius 3 is 2.52 bits per heavy atom. The van der Waals surface area contributed by atoms with Gasteiger partial charge >= 0.3 is 0 Å². The van der Waals surface area contributed by atoms with Crippen molar-refractivity contribution in [3.8, 4) is 0 Å². The third-order valence-electron chi connectivity index (χ3n) is 9.00. The van der Waals surface area contributed by atoms with Crippen LogP contribution < -0.4 is 16.2 Å². The van der Waals surface area contributed by atoms with Gasteiger partial charge in [-0.25, -0.2) is 4.98 Å². The number of anilines is 2. The van der Waals surface area contributed by atoms with Crippen LogP contribution >= 0.6 is 0 Å². The third kappa shape index (κ3) is 6.50. The molecular weight excluding hydrogens is 593 g/mol. The smallest absolute Gasteiger partial charge is 0.257 e. The van der Waals surface area contributed by atoms with Crippen LogP contribution in [-0.4, -0.2) is 50.7 Å². The van der Waals surface area contributed by atoms with Gasteiger partial charge in [-0.15, -0.1) is 0 Å². The Morgan fingerprint density at radius 1 is 1.00 bits per heavy atom. The quantitative estimate of drug-likeness (QED) is 0.195. The monoisotopic (exact) mass is 630 g/mol. The van der Waals surface area contributed by atoms with E-state index in [1.165, 1.54) is 11.1 Å². The molecule has 5 aromatic rings. The van der Waals surface area contributed by atoms with Gasteiger partial charge in [-0.2, -0.15) is 4.98 Å². The molecule has 2 unspecified atom stereocenters. The molecule has 7 rings (SSSR count). The highest BCUT2D eigenvalue weighted by atomic mass is 32.2. The van der Waals surface area contributed by atoms with E-state index >= 15 is 0 Å². The number of hydrogen-bond donors (Lipinski definition) is 2. The fourth-order valence-corrected chi connectivity index (χ4v) is 7.52. The van der Waals surface area contributed by atoms with Gasteiger partial charge in [0.15, 0.2) is 9.79 Å². The zero-order valence-corrected chi connectivity index (χ0v) is 26.8. The Labute approximate surface area is 272 Å². The van der Waals surface area contributed by atoms with E-state index in [1.807, 2.05) is 79.0 Å². The van der Waals surface area contributed by atoms with Gasteiger partial charge < -0.3 is 15.2 Å². The van der Waals surface area contributed by atoms with E-state index in [1.54, 1.807) is 4.57 Å². The fraction of sp³-hybridized carbons (Fsp3) is 0.270. The van der Waals surface area contributed by atoms with Crippen molar-refractivity contribution >= 4 is 39.4 Å². The lowest BCUT2D eigenvalue weighted by Gasteiger charge is -2.32. The zero-order valence-electron chi connectivity index (χ0n) is 26.0. The van der Waals surface area contributed by atoms with E-state index < -0.39 is 11.2 Å². The van der Waals surface area contributed by atoms with Gasteiger partial charge in [0.05, 0.1) is 6.54 Å². The molecular formula is C37H38N6O2S. The second-order valence-electron chi connectivity index (χ2n) is 12.1. The molecule has 2 aromatic heterocycles. The van der Waals surface area contributed by atoms with Gasteiger partial charge in [0.2, 0.25) is 5.95 Å². The van der Waals surface area contributed by atoms with Crippen molar-refractivity contribution in [2.45, 2.75) is 48.1 Å². The second kappa shape index (κ2) is 13.6. The van der Waals surface area contributed by atoms with E-state index in [-0.39, 0.29) is 11.6 Å². The van der Waals surface area contributed by atoms with Crippen LogP contribution in [0, 0.1) is 0 Å². The van der Waals surface area contributed by atoms with Gasteiger partial charge in [-0.1, -0.05) is 55.0 Å². The predicted octanol–water partition coefficient (Wildman–Crippen LogP) is 6.28. The minimum Gasteiger partial charge on any atom is -0.606 e. The average Bonchev–Trinajstić information content (AvgIpc) is 3.11. The summed E-state index contributed by atoms with van der Waals surface area (Å²) in [5.41, 5.74) is 5.72. The van der Waals surface area contributed by atoms with Crippen LogP contribution in [-0.2, 0) is 17.7 Å². The summed E-state index contributed by atoms with van der Waals surface area (Å²) in [6.45, 7) is 3.20. The van der Waals surface area contributed by atoms with Gasteiger partial charge in [0.1, 0.15) is 5.65 Å². The number of rotatable bonds is 8. The topological polar surface area (TPSA) is 98.1 Å². The number of piperidine rings is 1. The molecule has 2 N–H and O–H groups in total. The molecule has 0 spiro atoms. The Morgan fingerprint density at radius 2 is 1.78 bits per heavy atom. The largest absolute Gasteiger partial charge is 0.606 e. The minimum atomic E-state index is -1.27. The van der Waals surface area contributed by atoms with Crippen molar-refractivity contribution in [2.24, 2.45) is 0 Å². The molecule has 3 aromatic carbocycles. The van der Waals surface area contributed by atoms with Gasteiger partial charge in [-0.05, 0) is 98.6 Å². The van der Waals surface area contributed by atoms with E-state index in [0.29, 0.717) is 18.1 Å². The number of hydrogen-bond acceptors (Lipinski definition) is 7. The van der Waals surface area contributed by atoms with Crippen molar-refractivity contribution in [1.82, 2.24) is 24.8 Å². The number of pyridine rings is 1. The van der Waals surface area contributed by atoms with Crippen LogP contribution in [0.4, 0.5) is 11.6 Å². The summed E-state index contributed by atoms with van der Waals surface area (Å²) in [5.74, 6) is 0.436. The number of likely N-dealkylation sites (tertiary alicyclic amines) is 1. The maximum atomic E-state index is 14.2. The maximum absolute atomic E-state index is 14.2. The zero-order chi connectivity index (χ0) is 31.5. The Hall–Kier alpha value is -4.28. The number of nitrogens with zero attached hydrogens (tertiary/aromatic N) is 4. The van der Waals surface area contributed by atoms with Crippen LogP contribution in [0.15, 0.2) is 112 Å². The molecule has 8 nitrogen and oxygen atoms in total. The summed E-state index contributed by atoms with van der Waals surface area (Å²) in [6.07, 6.45) is 8.25. The van der Waals surface area contributed by atoms with Crippen LogP contribution in [0.5, 0.6) is 0 Å². The maximum Gasteiger partial charge on any atom is 0.257 e. The standard InChI is InChI=1S/C37H38N6O2S/c1-42-22-6-5-9-34(42)33-23-29-24-39-37(40-30-14-12-27(13-15-30)28-18-20-38-21-19-28)41-35(29)43(36(33)44)25-26-10-16-32(17-11-26)46(45)31-7-3-2-4-8-31/h2-4,7-8,10-18,23-24,34,38H,5-6,9,19-22,25H2,1H3,(H,39,40,41). The van der Waals surface area contributed by atoms with Crippen molar-refractivity contribution < 1.29 is 4.55 Å². The normalized spacial score (nSPS) is 17.9. The summed E-state index contributed by atoms with van der Waals surface area (Å²) in [5, 5.41) is 7.53. The Balaban J connectivity index is 1.22. The highest BCUT2D eigenvalue weighted by molar-refractivity contribution is 7.91. The molecule has 0 aliphatic carbocycles. The number of benzene rings is 3. The van der Waals surface area contributed by atoms with E-state index in [4.69, 9.17) is 4.98 Å². The highest BCUT2D eigenvalue weighted by Gasteiger charge is 2.25. The minimum absolute atomic E-state index is 0.0348. The summed E-state index contributed by atoms with van der Waals surface area (Å²) in [7, 11) is 2.10. The van der Waals surface area contributed by atoms with Crippen LogP contribution in [0.1, 0.15) is 48.4 Å². The van der Waals surface area contributed by atoms with E-state index in [9.17, 15) is 9.35 Å². The molecule has 0 radical (unpaired) electrons. The molecule has 0 saturated carbocycles. The first-order chi connectivity index (χ1) is 22.5. The van der Waals surface area contributed by atoms with Crippen molar-refractivity contribution in [3.05, 3.63) is 124 Å². The molecule has 1 fully saturated rings. The molecule has 1 saturated heterocycles. The van der Waals surface area contributed by atoms with Crippen LogP contribution in [0.2, 0.25) is 0 Å². The van der Waals surface area contributed by atoms with Crippen LogP contribution in [0.25, 0.3) is 16.6 Å². The number of nitrogens with one attached hydrogen (secondary N) is 2. The average molecular weight is 631 g/mol. The molecule has 234 valence electrons. The Kier molecular flexibility index (Phi) is 8.98. The SMILES string of the molecule is CN1CCCCC1c1cc2cnc(Nc3ccc(C4=CCNCC4)cc3)nc2n(Cc2ccc([S+]([O-])c3ccccc3)cc2)c1=O. The molecule has 0 bridgehead atoms. The molecule has 4 heterocycles. The van der Waals surface area contributed by atoms with Crippen molar-refractivity contribution in [3.63, 3.8) is 0 Å². The summed E-state index contributed by atoms with van der Waals surface area (Å²) in [6, 6.07) is 27.5. The summed E-state index contributed by atoms with van der Waals surface area (Å²) < 4.78 is 14.9. The first-order valence-corrected chi connectivity index (χ1v) is 17.1. The lowest BCUT2D eigenvalue weighted by atomic mass is 9.96.